The molecule has 2 aromatic rings. The summed E-state index contributed by atoms with van der Waals surface area (Å²) >= 11 is 3.37. The van der Waals surface area contributed by atoms with Crippen LogP contribution in [0.1, 0.15) is 0 Å². The lowest BCUT2D eigenvalue weighted by Crippen LogP contribution is -2.52. The second-order valence-corrected chi connectivity index (χ2v) is 9.55. The van der Waals surface area contributed by atoms with E-state index in [1.54, 1.807) is 36.3 Å². The second kappa shape index (κ2) is 9.04. The molecule has 29 heavy (non-hydrogen) atoms. The number of nitrogens with zero attached hydrogens (tertiary/aromatic N) is 3. The molecular weight excluding hydrogens is 458 g/mol. The number of ether oxygens (including phenoxy) is 1. The maximum atomic E-state index is 12.8. The van der Waals surface area contributed by atoms with Crippen molar-refractivity contribution in [3.63, 3.8) is 0 Å². The van der Waals surface area contributed by atoms with Crippen molar-refractivity contribution in [2.75, 3.05) is 55.3 Å². The monoisotopic (exact) mass is 481 g/mol. The molecule has 1 heterocycles. The Morgan fingerprint density at radius 2 is 1.69 bits per heavy atom. The van der Waals surface area contributed by atoms with Gasteiger partial charge in [0.1, 0.15) is 12.3 Å². The number of halogens is 1. The smallest absolute Gasteiger partial charge is 0.243 e. The van der Waals surface area contributed by atoms with Gasteiger partial charge in [-0.25, -0.2) is 8.42 Å². The van der Waals surface area contributed by atoms with Crippen LogP contribution in [-0.4, -0.2) is 65.3 Å². The van der Waals surface area contributed by atoms with Crippen molar-refractivity contribution < 1.29 is 17.9 Å². The van der Waals surface area contributed by atoms with Crippen LogP contribution in [0, 0.1) is 0 Å². The number of carbonyl (C=O) groups excluding carboxylic acids is 1. The molecule has 0 unspecified atom stereocenters. The van der Waals surface area contributed by atoms with Gasteiger partial charge in [-0.15, -0.1) is 0 Å². The summed E-state index contributed by atoms with van der Waals surface area (Å²) in [6, 6.07) is 14.8. The molecule has 0 aliphatic carbocycles. The lowest BCUT2D eigenvalue weighted by molar-refractivity contribution is -0.129. The zero-order chi connectivity index (χ0) is 21.0. The van der Waals surface area contributed by atoms with Gasteiger partial charge < -0.3 is 14.5 Å². The van der Waals surface area contributed by atoms with Gasteiger partial charge in [0.05, 0.1) is 19.1 Å². The Kier molecular flexibility index (Phi) is 6.69. The molecule has 0 aromatic heterocycles. The summed E-state index contributed by atoms with van der Waals surface area (Å²) in [7, 11) is -1.97. The highest BCUT2D eigenvalue weighted by molar-refractivity contribution is 9.10. The van der Waals surface area contributed by atoms with Gasteiger partial charge >= 0.3 is 0 Å². The van der Waals surface area contributed by atoms with Crippen LogP contribution < -0.4 is 13.9 Å². The predicted octanol–water partition coefficient (Wildman–Crippen LogP) is 2.57. The van der Waals surface area contributed by atoms with Crippen molar-refractivity contribution in [1.82, 2.24) is 4.90 Å². The lowest BCUT2D eigenvalue weighted by atomic mass is 10.2. The van der Waals surface area contributed by atoms with Gasteiger partial charge in [0.25, 0.3) is 0 Å². The highest BCUT2D eigenvalue weighted by atomic mass is 79.9. The Hall–Kier alpha value is -2.26. The quantitative estimate of drug-likeness (QED) is 0.633. The molecule has 0 radical (unpaired) electrons. The van der Waals surface area contributed by atoms with Crippen LogP contribution in [0.2, 0.25) is 0 Å². The normalized spacial score (nSPS) is 14.6. The summed E-state index contributed by atoms with van der Waals surface area (Å²) < 4.78 is 31.6. The lowest BCUT2D eigenvalue weighted by Gasteiger charge is -2.37. The van der Waals surface area contributed by atoms with Gasteiger partial charge in [-0.3, -0.25) is 9.10 Å². The van der Waals surface area contributed by atoms with E-state index in [2.05, 4.69) is 20.8 Å². The number of amides is 1. The number of rotatable bonds is 6. The molecule has 1 fully saturated rings. The van der Waals surface area contributed by atoms with Crippen LogP contribution in [-0.2, 0) is 14.8 Å². The number of hydrogen-bond acceptors (Lipinski definition) is 5. The highest BCUT2D eigenvalue weighted by Gasteiger charge is 2.27. The van der Waals surface area contributed by atoms with Crippen LogP contribution in [0.25, 0.3) is 0 Å². The van der Waals surface area contributed by atoms with Crippen molar-refractivity contribution >= 4 is 43.2 Å². The number of para-hydroxylation sites is 1. The van der Waals surface area contributed by atoms with E-state index in [9.17, 15) is 13.2 Å². The van der Waals surface area contributed by atoms with E-state index in [1.165, 1.54) is 0 Å². The van der Waals surface area contributed by atoms with E-state index < -0.39 is 10.0 Å². The first kappa shape index (κ1) is 21.4. The maximum absolute atomic E-state index is 12.8. The molecule has 0 spiro atoms. The molecule has 1 saturated heterocycles. The minimum absolute atomic E-state index is 0.208. The minimum atomic E-state index is -3.60. The minimum Gasteiger partial charge on any atom is -0.497 e. The first-order chi connectivity index (χ1) is 13.8. The molecule has 0 atom stereocenters. The summed E-state index contributed by atoms with van der Waals surface area (Å²) in [6.07, 6.45) is 1.11. The summed E-state index contributed by atoms with van der Waals surface area (Å²) in [4.78, 5) is 16.8. The van der Waals surface area contributed by atoms with E-state index in [1.807, 2.05) is 24.3 Å². The number of benzene rings is 2. The van der Waals surface area contributed by atoms with Crippen LogP contribution in [0.15, 0.2) is 53.0 Å². The van der Waals surface area contributed by atoms with Crippen molar-refractivity contribution in [3.05, 3.63) is 53.0 Å². The Morgan fingerprint density at radius 3 is 2.24 bits per heavy atom. The number of piperazine rings is 1. The summed E-state index contributed by atoms with van der Waals surface area (Å²) in [5, 5.41) is 0. The van der Waals surface area contributed by atoms with Gasteiger partial charge in [0, 0.05) is 36.3 Å². The maximum Gasteiger partial charge on any atom is 0.243 e. The van der Waals surface area contributed by atoms with Crippen LogP contribution in [0.4, 0.5) is 11.4 Å². The summed E-state index contributed by atoms with van der Waals surface area (Å²) in [6.45, 7) is 2.23. The Bertz CT molecular complexity index is 958. The Labute approximate surface area is 180 Å². The third-order valence-electron chi connectivity index (χ3n) is 4.87. The van der Waals surface area contributed by atoms with E-state index >= 15 is 0 Å². The molecule has 9 heteroatoms. The fourth-order valence-electron chi connectivity index (χ4n) is 3.27. The molecule has 3 rings (SSSR count). The van der Waals surface area contributed by atoms with Crippen molar-refractivity contribution in [2.24, 2.45) is 0 Å². The average molecular weight is 482 g/mol. The van der Waals surface area contributed by atoms with Crippen molar-refractivity contribution in [1.29, 1.82) is 0 Å². The second-order valence-electron chi connectivity index (χ2n) is 6.79. The van der Waals surface area contributed by atoms with Gasteiger partial charge in [0.2, 0.25) is 15.9 Å². The summed E-state index contributed by atoms with van der Waals surface area (Å²) in [5.41, 5.74) is 1.53. The highest BCUT2D eigenvalue weighted by Crippen LogP contribution is 2.28. The number of hydrogen-bond donors (Lipinski definition) is 0. The molecule has 1 amide bonds. The number of methoxy groups -OCH3 is 1. The molecule has 1 aliphatic heterocycles. The van der Waals surface area contributed by atoms with Gasteiger partial charge in [-0.2, -0.15) is 0 Å². The van der Waals surface area contributed by atoms with E-state index in [0.29, 0.717) is 36.3 Å². The SMILES string of the molecule is COc1ccc(N2CCN(C(=O)CN(c3ccccc3Br)S(C)(=O)=O)CC2)cc1. The van der Waals surface area contributed by atoms with E-state index in [0.717, 1.165) is 22.0 Å². The van der Waals surface area contributed by atoms with Crippen molar-refractivity contribution in [3.8, 4) is 5.75 Å². The molecule has 156 valence electrons. The fraction of sp³-hybridized carbons (Fsp3) is 0.350. The molecule has 7 nitrogen and oxygen atoms in total. The van der Waals surface area contributed by atoms with E-state index in [4.69, 9.17) is 4.74 Å². The average Bonchev–Trinajstić information content (AvgIpc) is 2.72. The first-order valence-electron chi connectivity index (χ1n) is 9.18. The van der Waals surface area contributed by atoms with Gasteiger partial charge in [0.15, 0.2) is 0 Å². The molecule has 0 N–H and O–H groups in total. The Morgan fingerprint density at radius 1 is 1.07 bits per heavy atom. The molecular formula is C20H24BrN3O4S. The van der Waals surface area contributed by atoms with Crippen molar-refractivity contribution in [2.45, 2.75) is 0 Å². The molecule has 0 saturated carbocycles. The van der Waals surface area contributed by atoms with Crippen LogP contribution in [0.5, 0.6) is 5.75 Å². The molecule has 0 bridgehead atoms. The predicted molar refractivity (Wildman–Crippen MR) is 118 cm³/mol. The van der Waals surface area contributed by atoms with E-state index in [-0.39, 0.29) is 12.5 Å². The third kappa shape index (κ3) is 5.22. The molecule has 2 aromatic carbocycles. The summed E-state index contributed by atoms with van der Waals surface area (Å²) in [5.74, 6) is 0.594. The molecule has 1 aliphatic rings. The van der Waals surface area contributed by atoms with Gasteiger partial charge in [-0.1, -0.05) is 12.1 Å². The number of carbonyl (C=O) groups is 1. The van der Waals surface area contributed by atoms with Crippen LogP contribution in [0.3, 0.4) is 0 Å². The number of anilines is 2. The Balaban J connectivity index is 1.65. The zero-order valence-corrected chi connectivity index (χ0v) is 18.8. The largest absolute Gasteiger partial charge is 0.497 e. The zero-order valence-electron chi connectivity index (χ0n) is 16.4. The standard InChI is InChI=1S/C20H24BrN3O4S/c1-28-17-9-7-16(8-10-17)22-11-13-23(14-12-22)20(25)15-24(29(2,26)27)19-6-4-3-5-18(19)21/h3-10H,11-15H2,1-2H3. The van der Waals surface area contributed by atoms with Gasteiger partial charge in [-0.05, 0) is 52.3 Å². The number of sulfonamides is 1. The topological polar surface area (TPSA) is 70.2 Å². The first-order valence-corrected chi connectivity index (χ1v) is 11.8. The van der Waals surface area contributed by atoms with Crippen LogP contribution >= 0.6 is 15.9 Å². The third-order valence-corrected chi connectivity index (χ3v) is 6.67. The fourth-order valence-corrected chi connectivity index (χ4v) is 4.74.